The molecule has 1 saturated carbocycles. The molecule has 0 unspecified atom stereocenters. The van der Waals surface area contributed by atoms with E-state index in [4.69, 9.17) is 0 Å². The average Bonchev–Trinajstić information content (AvgIpc) is 3.32. The highest BCUT2D eigenvalue weighted by Gasteiger charge is 2.31. The van der Waals surface area contributed by atoms with Gasteiger partial charge in [-0.2, -0.15) is 0 Å². The van der Waals surface area contributed by atoms with Crippen LogP contribution in [-0.2, 0) is 6.54 Å². The van der Waals surface area contributed by atoms with E-state index in [1.165, 1.54) is 32.1 Å². The highest BCUT2D eigenvalue weighted by molar-refractivity contribution is 5.79. The molecule has 6 nitrogen and oxygen atoms in total. The number of para-hydroxylation sites is 1. The van der Waals surface area contributed by atoms with Crippen LogP contribution in [0.3, 0.4) is 0 Å². The lowest BCUT2D eigenvalue weighted by Crippen LogP contribution is -2.42. The lowest BCUT2D eigenvalue weighted by atomic mass is 9.83. The smallest absolute Gasteiger partial charge is 0.191 e. The maximum absolute atomic E-state index is 4.35. The summed E-state index contributed by atoms with van der Waals surface area (Å²) in [6.45, 7) is 3.85. The number of hydrogen-bond donors (Lipinski definition) is 2. The van der Waals surface area contributed by atoms with Crippen molar-refractivity contribution in [3.05, 3.63) is 42.5 Å². The van der Waals surface area contributed by atoms with Gasteiger partial charge in [-0.1, -0.05) is 38.0 Å². The van der Waals surface area contributed by atoms with E-state index < -0.39 is 0 Å². The third-order valence-electron chi connectivity index (χ3n) is 5.34. The monoisotopic (exact) mass is 340 g/mol. The summed E-state index contributed by atoms with van der Waals surface area (Å²) in [5, 5.41) is 15.2. The fourth-order valence-electron chi connectivity index (χ4n) is 3.62. The quantitative estimate of drug-likeness (QED) is 0.627. The summed E-state index contributed by atoms with van der Waals surface area (Å²) in [7, 11) is 1.81. The first-order valence-corrected chi connectivity index (χ1v) is 9.15. The molecule has 1 aliphatic carbocycles. The largest absolute Gasteiger partial charge is 0.356 e. The highest BCUT2D eigenvalue weighted by Crippen LogP contribution is 2.40. The molecule has 6 heteroatoms. The Morgan fingerprint density at radius 2 is 1.96 bits per heavy atom. The maximum atomic E-state index is 4.35. The second kappa shape index (κ2) is 8.14. The van der Waals surface area contributed by atoms with E-state index in [1.807, 2.05) is 41.9 Å². The lowest BCUT2D eigenvalue weighted by molar-refractivity contribution is 0.283. The van der Waals surface area contributed by atoms with Gasteiger partial charge in [0.15, 0.2) is 11.8 Å². The van der Waals surface area contributed by atoms with Crippen molar-refractivity contribution in [1.82, 2.24) is 25.4 Å². The molecule has 2 aromatic rings. The lowest BCUT2D eigenvalue weighted by Gasteiger charge is -2.28. The van der Waals surface area contributed by atoms with E-state index in [9.17, 15) is 0 Å². The molecule has 2 N–H and O–H groups in total. The van der Waals surface area contributed by atoms with E-state index in [-0.39, 0.29) is 0 Å². The Kier molecular flexibility index (Phi) is 5.68. The Morgan fingerprint density at radius 3 is 2.64 bits per heavy atom. The summed E-state index contributed by atoms with van der Waals surface area (Å²) < 4.78 is 1.99. The zero-order valence-electron chi connectivity index (χ0n) is 15.2. The first-order valence-electron chi connectivity index (χ1n) is 9.15. The minimum atomic E-state index is 0.432. The minimum absolute atomic E-state index is 0.432. The summed E-state index contributed by atoms with van der Waals surface area (Å²) >= 11 is 0. The molecule has 0 aliphatic heterocycles. The van der Waals surface area contributed by atoms with Crippen LogP contribution in [0.4, 0.5) is 0 Å². The fraction of sp³-hybridized carbons (Fsp3) is 0.526. The van der Waals surface area contributed by atoms with Crippen molar-refractivity contribution in [2.45, 2.75) is 45.6 Å². The van der Waals surface area contributed by atoms with Gasteiger partial charge >= 0.3 is 0 Å². The summed E-state index contributed by atoms with van der Waals surface area (Å²) in [5.74, 6) is 1.68. The first kappa shape index (κ1) is 17.5. The summed E-state index contributed by atoms with van der Waals surface area (Å²) in [4.78, 5) is 4.35. The zero-order chi connectivity index (χ0) is 17.5. The van der Waals surface area contributed by atoms with E-state index in [0.29, 0.717) is 12.0 Å². The highest BCUT2D eigenvalue weighted by atomic mass is 15.3. The van der Waals surface area contributed by atoms with Gasteiger partial charge in [-0.25, -0.2) is 0 Å². The number of nitrogens with one attached hydrogen (secondary N) is 2. The van der Waals surface area contributed by atoms with Gasteiger partial charge in [-0.15, -0.1) is 10.2 Å². The van der Waals surface area contributed by atoms with Gasteiger partial charge < -0.3 is 10.6 Å². The molecular formula is C19H28N6. The maximum Gasteiger partial charge on any atom is 0.191 e. The number of aliphatic imine (C=N–C) groups is 1. The predicted octanol–water partition coefficient (Wildman–Crippen LogP) is 2.90. The number of benzene rings is 1. The molecule has 0 saturated heterocycles. The van der Waals surface area contributed by atoms with E-state index in [0.717, 1.165) is 24.0 Å². The number of guanidine groups is 1. The molecular weight excluding hydrogens is 312 g/mol. The Morgan fingerprint density at radius 1 is 1.20 bits per heavy atom. The molecule has 0 atom stereocenters. The summed E-state index contributed by atoms with van der Waals surface area (Å²) in [6.07, 6.45) is 8.29. The Balaban J connectivity index is 1.58. The molecule has 0 amide bonds. The molecule has 25 heavy (non-hydrogen) atoms. The van der Waals surface area contributed by atoms with Crippen molar-refractivity contribution in [1.29, 1.82) is 0 Å². The van der Waals surface area contributed by atoms with Crippen molar-refractivity contribution in [3.8, 4) is 5.69 Å². The Labute approximate surface area is 149 Å². The number of nitrogens with zero attached hydrogens (tertiary/aromatic N) is 4. The van der Waals surface area contributed by atoms with Gasteiger partial charge in [0.25, 0.3) is 0 Å². The van der Waals surface area contributed by atoms with Crippen LogP contribution < -0.4 is 10.6 Å². The third-order valence-corrected chi connectivity index (χ3v) is 5.34. The number of aromatic nitrogens is 3. The Bertz CT molecular complexity index is 685. The summed E-state index contributed by atoms with van der Waals surface area (Å²) in [6, 6.07) is 10.1. The van der Waals surface area contributed by atoms with Gasteiger partial charge in [-0.05, 0) is 36.8 Å². The second-order valence-electron chi connectivity index (χ2n) is 6.79. The second-order valence-corrected chi connectivity index (χ2v) is 6.79. The molecule has 0 radical (unpaired) electrons. The van der Waals surface area contributed by atoms with Crippen LogP contribution in [0.2, 0.25) is 0 Å². The fourth-order valence-corrected chi connectivity index (χ4v) is 3.62. The van der Waals surface area contributed by atoms with E-state index in [1.54, 1.807) is 6.33 Å². The van der Waals surface area contributed by atoms with Gasteiger partial charge in [-0.3, -0.25) is 9.56 Å². The third kappa shape index (κ3) is 4.18. The normalized spacial score (nSPS) is 16.8. The number of rotatable bonds is 6. The first-order chi connectivity index (χ1) is 12.3. The van der Waals surface area contributed by atoms with Crippen LogP contribution in [0.5, 0.6) is 0 Å². The molecule has 134 valence electrons. The molecule has 1 aliphatic rings. The van der Waals surface area contributed by atoms with Crippen molar-refractivity contribution < 1.29 is 0 Å². The molecule has 3 rings (SSSR count). The van der Waals surface area contributed by atoms with E-state index >= 15 is 0 Å². The van der Waals surface area contributed by atoms with Crippen LogP contribution in [-0.4, -0.2) is 34.3 Å². The SMILES string of the molecule is CCC1(CNC(=NC)NCc2nncn2-c2ccccc2)CCCC1. The van der Waals surface area contributed by atoms with Crippen LogP contribution >= 0.6 is 0 Å². The standard InChI is InChI=1S/C19H28N6/c1-3-19(11-7-8-12-19)14-22-18(20-2)21-13-17-24-23-15-25(17)16-9-5-4-6-10-16/h4-6,9-10,15H,3,7-8,11-14H2,1-2H3,(H2,20,21,22). The molecule has 1 aromatic heterocycles. The average molecular weight is 340 g/mol. The summed E-state index contributed by atoms with van der Waals surface area (Å²) in [5.41, 5.74) is 1.49. The zero-order valence-corrected chi connectivity index (χ0v) is 15.2. The van der Waals surface area contributed by atoms with Gasteiger partial charge in [0, 0.05) is 19.3 Å². The predicted molar refractivity (Wildman–Crippen MR) is 101 cm³/mol. The van der Waals surface area contributed by atoms with Crippen molar-refractivity contribution >= 4 is 5.96 Å². The molecule has 1 fully saturated rings. The number of hydrogen-bond acceptors (Lipinski definition) is 3. The van der Waals surface area contributed by atoms with Crippen molar-refractivity contribution in [2.75, 3.05) is 13.6 Å². The minimum Gasteiger partial charge on any atom is -0.356 e. The van der Waals surface area contributed by atoms with Crippen molar-refractivity contribution in [3.63, 3.8) is 0 Å². The molecule has 1 heterocycles. The molecule has 1 aromatic carbocycles. The van der Waals surface area contributed by atoms with Crippen LogP contribution in [0.15, 0.2) is 41.7 Å². The van der Waals surface area contributed by atoms with Gasteiger partial charge in [0.2, 0.25) is 0 Å². The topological polar surface area (TPSA) is 67.1 Å². The van der Waals surface area contributed by atoms with Gasteiger partial charge in [0.05, 0.1) is 6.54 Å². The molecule has 0 bridgehead atoms. The molecule has 0 spiro atoms. The Hall–Kier alpha value is -2.37. The van der Waals surface area contributed by atoms with E-state index in [2.05, 4.69) is 32.7 Å². The van der Waals surface area contributed by atoms with Crippen LogP contribution in [0.25, 0.3) is 5.69 Å². The van der Waals surface area contributed by atoms with Gasteiger partial charge in [0.1, 0.15) is 6.33 Å². The van der Waals surface area contributed by atoms with Crippen LogP contribution in [0, 0.1) is 5.41 Å². The van der Waals surface area contributed by atoms with Crippen molar-refractivity contribution in [2.24, 2.45) is 10.4 Å². The van der Waals surface area contributed by atoms with Crippen LogP contribution in [0.1, 0.15) is 44.9 Å².